The van der Waals surface area contributed by atoms with E-state index in [1.807, 2.05) is 27.2 Å². The van der Waals surface area contributed by atoms with Crippen LogP contribution >= 0.6 is 7.82 Å². The molecule has 9 heteroatoms. The lowest BCUT2D eigenvalue weighted by atomic mass is 10.1. The summed E-state index contributed by atoms with van der Waals surface area (Å²) in [4.78, 5) is 25.3. The average Bonchev–Trinajstić information content (AvgIpc) is 3.20. The molecule has 0 aromatic heterocycles. The van der Waals surface area contributed by atoms with E-state index in [1.54, 1.807) is 6.08 Å². The minimum Gasteiger partial charge on any atom is -0.756 e. The molecule has 0 saturated heterocycles. The Morgan fingerprint density at radius 3 is 1.53 bits per heavy atom. The van der Waals surface area contributed by atoms with Crippen molar-refractivity contribution in [3.8, 4) is 0 Å². The van der Waals surface area contributed by atoms with Crippen molar-refractivity contribution in [1.29, 1.82) is 0 Å². The van der Waals surface area contributed by atoms with Crippen molar-refractivity contribution >= 4 is 13.7 Å². The summed E-state index contributed by atoms with van der Waals surface area (Å²) in [5.41, 5.74) is 0. The molecule has 3 unspecified atom stereocenters. The lowest BCUT2D eigenvalue weighted by Crippen LogP contribution is -2.45. The molecule has 0 aromatic carbocycles. The average molecular weight is 855 g/mol. The lowest BCUT2D eigenvalue weighted by Gasteiger charge is -2.29. The van der Waals surface area contributed by atoms with Gasteiger partial charge in [-0.15, -0.1) is 0 Å². The van der Waals surface area contributed by atoms with Gasteiger partial charge in [-0.05, 0) is 96.3 Å². The number of aliphatic hydroxyl groups excluding tert-OH is 1. The largest absolute Gasteiger partial charge is 0.756 e. The molecule has 8 nitrogen and oxygen atoms in total. The van der Waals surface area contributed by atoms with Crippen molar-refractivity contribution in [3.05, 3.63) is 109 Å². The second kappa shape index (κ2) is 41.5. The van der Waals surface area contributed by atoms with E-state index in [1.165, 1.54) is 32.1 Å². The summed E-state index contributed by atoms with van der Waals surface area (Å²) >= 11 is 0. The van der Waals surface area contributed by atoms with Crippen molar-refractivity contribution in [1.82, 2.24) is 5.32 Å². The van der Waals surface area contributed by atoms with Crippen molar-refractivity contribution in [2.75, 3.05) is 40.9 Å². The maximum Gasteiger partial charge on any atom is 0.268 e. The lowest BCUT2D eigenvalue weighted by molar-refractivity contribution is -0.870. The third-order valence-corrected chi connectivity index (χ3v) is 10.4. The maximum atomic E-state index is 12.9. The summed E-state index contributed by atoms with van der Waals surface area (Å²) < 4.78 is 23.2. The Kier molecular flexibility index (Phi) is 39.5. The van der Waals surface area contributed by atoms with Gasteiger partial charge in [-0.3, -0.25) is 9.36 Å². The van der Waals surface area contributed by atoms with Gasteiger partial charge in [0.1, 0.15) is 13.2 Å². The molecule has 342 valence electrons. The van der Waals surface area contributed by atoms with Crippen LogP contribution in [0.3, 0.4) is 0 Å². The molecule has 2 N–H and O–H groups in total. The number of rotatable bonds is 40. The van der Waals surface area contributed by atoms with Crippen molar-refractivity contribution in [2.24, 2.45) is 0 Å². The monoisotopic (exact) mass is 855 g/mol. The number of nitrogens with one attached hydrogen (secondary N) is 1. The third kappa shape index (κ3) is 43.3. The van der Waals surface area contributed by atoms with Gasteiger partial charge in [-0.1, -0.05) is 162 Å². The van der Waals surface area contributed by atoms with E-state index in [0.29, 0.717) is 23.9 Å². The van der Waals surface area contributed by atoms with Crippen LogP contribution in [0.25, 0.3) is 0 Å². The molecule has 0 aliphatic heterocycles. The van der Waals surface area contributed by atoms with Crippen LogP contribution < -0.4 is 10.2 Å². The van der Waals surface area contributed by atoms with Gasteiger partial charge >= 0.3 is 0 Å². The maximum absolute atomic E-state index is 12.9. The third-order valence-electron chi connectivity index (χ3n) is 9.44. The Bertz CT molecular complexity index is 1340. The Balaban J connectivity index is 4.52. The highest BCUT2D eigenvalue weighted by atomic mass is 31.2. The van der Waals surface area contributed by atoms with Gasteiger partial charge in [0.15, 0.2) is 0 Å². The van der Waals surface area contributed by atoms with Crippen molar-refractivity contribution in [2.45, 2.75) is 167 Å². The van der Waals surface area contributed by atoms with Crippen LogP contribution in [0.5, 0.6) is 0 Å². The molecule has 0 saturated carbocycles. The van der Waals surface area contributed by atoms with Crippen molar-refractivity contribution < 1.29 is 32.9 Å². The summed E-state index contributed by atoms with van der Waals surface area (Å²) in [5.74, 6) is -0.242. The standard InChI is InChI=1S/C51H87N2O6P/c1-6-8-10-12-14-16-18-20-22-23-24-25-26-27-28-29-31-33-35-37-39-41-43-45-51(55)52-49(48-59-60(56,57)58-47-46-53(3,4)5)50(54)44-42-40-38-36-34-32-30-21-19-17-15-13-11-9-7-2/h8,10,14,16,19-22,24-25,27-28,31,33-34,36,42,44,49-50,54H,6-7,9,11-13,15,17-18,23,26,29-30,32,35,37-41,43,45-48H2,1-5H3,(H-,52,55,56,57)/b10-8-,16-14-,21-19+,22-20-,25-24-,28-27-,33-31-,36-34+,44-42+. The van der Waals surface area contributed by atoms with E-state index >= 15 is 0 Å². The van der Waals surface area contributed by atoms with Gasteiger partial charge in [-0.25, -0.2) is 0 Å². The SMILES string of the molecule is CC/C=C\C/C=C\C/C=C\C/C=C\C/C=C\C/C=C\CCCCCCC(=O)NC(COP(=O)([O-])OCC[N+](C)(C)C)C(O)/C=C/CC/C=C/CC/C=C/CCCCCCC. The minimum atomic E-state index is -4.62. The van der Waals surface area contributed by atoms with Crippen LogP contribution in [-0.4, -0.2) is 68.5 Å². The molecule has 3 atom stereocenters. The summed E-state index contributed by atoms with van der Waals surface area (Å²) in [5, 5.41) is 13.7. The number of likely N-dealkylation sites (N-methyl/N-ethyl adjacent to an activating group) is 1. The zero-order chi connectivity index (χ0) is 44.3. The molecule has 0 heterocycles. The second-order valence-corrected chi connectivity index (χ2v) is 17.8. The van der Waals surface area contributed by atoms with Crippen molar-refractivity contribution in [3.63, 3.8) is 0 Å². The van der Waals surface area contributed by atoms with E-state index in [0.717, 1.165) is 96.3 Å². The molecule has 1 amide bonds. The fraction of sp³-hybridized carbons (Fsp3) is 0.627. The first kappa shape index (κ1) is 57.2. The number of nitrogens with zero attached hydrogens (tertiary/aromatic N) is 1. The predicted molar refractivity (Wildman–Crippen MR) is 256 cm³/mol. The van der Waals surface area contributed by atoms with Crippen LogP contribution in [0.1, 0.15) is 155 Å². The molecular weight excluding hydrogens is 768 g/mol. The first-order chi connectivity index (χ1) is 29.0. The van der Waals surface area contributed by atoms with E-state index in [-0.39, 0.29) is 12.5 Å². The summed E-state index contributed by atoms with van der Waals surface area (Å²) in [6.45, 7) is 4.43. The van der Waals surface area contributed by atoms with Gasteiger partial charge in [-0.2, -0.15) is 0 Å². The second-order valence-electron chi connectivity index (χ2n) is 16.4. The highest BCUT2D eigenvalue weighted by Crippen LogP contribution is 2.38. The van der Waals surface area contributed by atoms with E-state index in [4.69, 9.17) is 9.05 Å². The first-order valence-corrected chi connectivity index (χ1v) is 24.7. The quantitative estimate of drug-likeness (QED) is 0.0275. The molecule has 0 aliphatic carbocycles. The fourth-order valence-electron chi connectivity index (χ4n) is 5.77. The molecule has 0 aromatic rings. The molecule has 0 radical (unpaired) electrons. The Labute approximate surface area is 368 Å². The minimum absolute atomic E-state index is 0.0210. The number of allylic oxidation sites excluding steroid dienone is 17. The number of quaternary nitrogens is 1. The fourth-order valence-corrected chi connectivity index (χ4v) is 6.50. The van der Waals surface area contributed by atoms with Crippen LogP contribution in [0, 0.1) is 0 Å². The van der Waals surface area contributed by atoms with Gasteiger partial charge < -0.3 is 28.8 Å². The molecule has 0 spiro atoms. The Hall–Kier alpha value is -2.84. The van der Waals surface area contributed by atoms with Crippen LogP contribution in [0.2, 0.25) is 0 Å². The number of amides is 1. The molecule has 60 heavy (non-hydrogen) atoms. The van der Waals surface area contributed by atoms with E-state index in [2.05, 4.69) is 116 Å². The number of unbranched alkanes of at least 4 members (excludes halogenated alkanes) is 11. The number of phosphoric acid groups is 1. The van der Waals surface area contributed by atoms with Gasteiger partial charge in [0, 0.05) is 6.42 Å². The number of hydrogen-bond acceptors (Lipinski definition) is 6. The normalized spacial score (nSPS) is 15.2. The van der Waals surface area contributed by atoms with E-state index < -0.39 is 26.6 Å². The predicted octanol–water partition coefficient (Wildman–Crippen LogP) is 12.7. The van der Waals surface area contributed by atoms with Gasteiger partial charge in [0.05, 0.1) is 39.9 Å². The number of carbonyl (C=O) groups is 1. The van der Waals surface area contributed by atoms with Gasteiger partial charge in [0.2, 0.25) is 5.91 Å². The first-order valence-electron chi connectivity index (χ1n) is 23.2. The Morgan fingerprint density at radius 2 is 1.03 bits per heavy atom. The topological polar surface area (TPSA) is 108 Å². The number of aliphatic hydroxyl groups is 1. The number of hydrogen-bond donors (Lipinski definition) is 2. The van der Waals surface area contributed by atoms with Crippen LogP contribution in [0.15, 0.2) is 109 Å². The Morgan fingerprint density at radius 1 is 0.600 bits per heavy atom. The smallest absolute Gasteiger partial charge is 0.268 e. The van der Waals surface area contributed by atoms with Crippen LogP contribution in [0.4, 0.5) is 0 Å². The molecule has 0 bridgehead atoms. The highest BCUT2D eigenvalue weighted by molar-refractivity contribution is 7.45. The summed E-state index contributed by atoms with van der Waals surface area (Å²) in [7, 11) is 1.19. The number of phosphoric ester groups is 1. The summed E-state index contributed by atoms with van der Waals surface area (Å²) in [6.07, 6.45) is 59.9. The zero-order valence-corrected chi connectivity index (χ0v) is 39.5. The highest BCUT2D eigenvalue weighted by Gasteiger charge is 2.23. The molecule has 0 aliphatic rings. The molecule has 0 rings (SSSR count). The number of carbonyl (C=O) groups excluding carboxylic acids is 1. The zero-order valence-electron chi connectivity index (χ0n) is 38.6. The van der Waals surface area contributed by atoms with Crippen LogP contribution in [-0.2, 0) is 18.4 Å². The van der Waals surface area contributed by atoms with E-state index in [9.17, 15) is 19.4 Å². The molecular formula is C51H87N2O6P. The summed E-state index contributed by atoms with van der Waals surface area (Å²) in [6, 6.07) is -0.930. The molecule has 0 fully saturated rings. The van der Waals surface area contributed by atoms with Gasteiger partial charge in [0.25, 0.3) is 7.82 Å².